The summed E-state index contributed by atoms with van der Waals surface area (Å²) in [5.41, 5.74) is 4.49. The molecule has 0 radical (unpaired) electrons. The molecule has 8 nitrogen and oxygen atoms in total. The van der Waals surface area contributed by atoms with Crippen molar-refractivity contribution in [3.8, 4) is 0 Å². The molecule has 1 aromatic heterocycles. The zero-order valence-corrected chi connectivity index (χ0v) is 27.0. The zero-order valence-electron chi connectivity index (χ0n) is 27.0. The average Bonchev–Trinajstić information content (AvgIpc) is 3.65. The maximum absolute atomic E-state index is 11.8. The van der Waals surface area contributed by atoms with Crippen LogP contribution in [0.15, 0.2) is 41.3 Å². The minimum Gasteiger partial charge on any atom is -0.504 e. The van der Waals surface area contributed by atoms with Crippen LogP contribution in [0, 0.1) is 58.5 Å². The molecule has 42 heavy (non-hydrogen) atoms. The van der Waals surface area contributed by atoms with Crippen molar-refractivity contribution < 1.29 is 9.66 Å². The first-order chi connectivity index (χ1) is 20.0. The molecule has 0 amide bonds. The van der Waals surface area contributed by atoms with Gasteiger partial charge in [-0.1, -0.05) is 20.8 Å². The fraction of sp³-hybridized carbons (Fsp3) is 0.706. The van der Waals surface area contributed by atoms with E-state index < -0.39 is 0 Å². The van der Waals surface area contributed by atoms with Crippen LogP contribution in [0.2, 0.25) is 0 Å². The molecule has 4 aliphatic rings. The number of nitrogens with zero attached hydrogens (tertiary/aromatic N) is 5. The van der Waals surface area contributed by atoms with Gasteiger partial charge in [-0.25, -0.2) is 9.97 Å². The highest BCUT2D eigenvalue weighted by Crippen LogP contribution is 2.73. The first-order valence-corrected chi connectivity index (χ1v) is 16.0. The number of ether oxygens (including phenoxy) is 1. The number of aromatic nitrogens is 2. The third-order valence-electron chi connectivity index (χ3n) is 11.3. The van der Waals surface area contributed by atoms with E-state index in [1.165, 1.54) is 25.0 Å². The van der Waals surface area contributed by atoms with E-state index in [0.29, 0.717) is 23.8 Å². The lowest BCUT2D eigenvalue weighted by molar-refractivity contribution is -0.424. The van der Waals surface area contributed by atoms with Crippen LogP contribution in [0.4, 0.5) is 5.95 Å². The number of aryl methyl sites for hydroxylation is 2. The van der Waals surface area contributed by atoms with E-state index >= 15 is 0 Å². The van der Waals surface area contributed by atoms with Gasteiger partial charge in [-0.05, 0) is 105 Å². The Morgan fingerprint density at radius 1 is 1.26 bits per heavy atom. The number of hydrogen-bond donors (Lipinski definition) is 0. The Balaban J connectivity index is 1.62. The molecule has 0 aromatic carbocycles. The van der Waals surface area contributed by atoms with Gasteiger partial charge in [0.1, 0.15) is 0 Å². The summed E-state index contributed by atoms with van der Waals surface area (Å²) >= 11 is 0. The van der Waals surface area contributed by atoms with Gasteiger partial charge in [0, 0.05) is 62.0 Å². The van der Waals surface area contributed by atoms with Crippen LogP contribution in [-0.2, 0) is 4.74 Å². The number of rotatable bonds is 11. The lowest BCUT2D eigenvalue weighted by Gasteiger charge is -2.60. The summed E-state index contributed by atoms with van der Waals surface area (Å²) in [7, 11) is 1.69. The highest BCUT2D eigenvalue weighted by atomic mass is 16.6. The van der Waals surface area contributed by atoms with Crippen LogP contribution in [0.1, 0.15) is 78.1 Å². The Bertz CT molecular complexity index is 1270. The van der Waals surface area contributed by atoms with Crippen LogP contribution < -0.4 is 4.90 Å². The zero-order chi connectivity index (χ0) is 30.4. The van der Waals surface area contributed by atoms with E-state index in [-0.39, 0.29) is 21.5 Å². The summed E-state index contributed by atoms with van der Waals surface area (Å²) in [6.45, 7) is 19.5. The SMILES string of the molecule is CCCN(C[C@H]1CC2(C)C(C)N(CC3CC3)CC3CC(/C=C(\C)[N+](=O)[O-])=C(/C=C/OC)C32C1C)c1nc(C)cc(C)n1. The molecular formula is C34H51N5O3. The van der Waals surface area contributed by atoms with E-state index in [1.54, 1.807) is 20.3 Å². The summed E-state index contributed by atoms with van der Waals surface area (Å²) in [5, 5.41) is 11.8. The molecule has 8 heteroatoms. The Kier molecular flexibility index (Phi) is 8.58. The fourth-order valence-corrected chi connectivity index (χ4v) is 9.35. The number of methoxy groups -OCH3 is 1. The molecule has 5 rings (SSSR count). The summed E-state index contributed by atoms with van der Waals surface area (Å²) in [4.78, 5) is 26.5. The molecule has 5 unspecified atom stereocenters. The number of piperidine rings is 1. The lowest BCUT2D eigenvalue weighted by Crippen LogP contribution is -2.62. The van der Waals surface area contributed by atoms with Crippen molar-refractivity contribution in [2.45, 2.75) is 86.6 Å². The second-order valence-electron chi connectivity index (χ2n) is 13.9. The summed E-state index contributed by atoms with van der Waals surface area (Å²) < 4.78 is 5.51. The van der Waals surface area contributed by atoms with E-state index in [1.807, 2.05) is 12.1 Å². The Morgan fingerprint density at radius 3 is 2.55 bits per heavy atom. The monoisotopic (exact) mass is 577 g/mol. The van der Waals surface area contributed by atoms with Crippen molar-refractivity contribution in [1.82, 2.24) is 14.9 Å². The highest BCUT2D eigenvalue weighted by molar-refractivity contribution is 5.49. The second kappa shape index (κ2) is 11.7. The topological polar surface area (TPSA) is 84.6 Å². The van der Waals surface area contributed by atoms with Gasteiger partial charge in [-0.15, -0.1) is 0 Å². The van der Waals surface area contributed by atoms with Gasteiger partial charge in [0.05, 0.1) is 18.3 Å². The van der Waals surface area contributed by atoms with Gasteiger partial charge in [0.2, 0.25) is 11.6 Å². The fourth-order valence-electron chi connectivity index (χ4n) is 9.35. The van der Waals surface area contributed by atoms with Crippen LogP contribution in [0.5, 0.6) is 0 Å². The van der Waals surface area contributed by atoms with Gasteiger partial charge in [-0.2, -0.15) is 0 Å². The molecule has 0 N–H and O–H groups in total. The van der Waals surface area contributed by atoms with Crippen molar-refractivity contribution >= 4 is 5.95 Å². The Hall–Kier alpha value is -2.74. The molecule has 6 atom stereocenters. The van der Waals surface area contributed by atoms with Gasteiger partial charge < -0.3 is 9.64 Å². The molecule has 1 saturated heterocycles. The van der Waals surface area contributed by atoms with Gasteiger partial charge in [-0.3, -0.25) is 15.0 Å². The summed E-state index contributed by atoms with van der Waals surface area (Å²) in [5.74, 6) is 2.87. The molecule has 3 fully saturated rings. The van der Waals surface area contributed by atoms with Crippen molar-refractivity contribution in [1.29, 1.82) is 0 Å². The van der Waals surface area contributed by atoms with Crippen LogP contribution in [-0.4, -0.2) is 59.1 Å². The Labute approximate surface area is 252 Å². The van der Waals surface area contributed by atoms with E-state index in [2.05, 4.69) is 57.4 Å². The van der Waals surface area contributed by atoms with Crippen LogP contribution >= 0.6 is 0 Å². The van der Waals surface area contributed by atoms with Crippen molar-refractivity contribution in [2.24, 2.45) is 34.5 Å². The Morgan fingerprint density at radius 2 is 1.95 bits per heavy atom. The maximum atomic E-state index is 11.8. The summed E-state index contributed by atoms with van der Waals surface area (Å²) in [6.07, 6.45) is 11.5. The van der Waals surface area contributed by atoms with Crippen molar-refractivity contribution in [3.05, 3.63) is 62.8 Å². The number of allylic oxidation sites excluding steroid dienone is 5. The number of nitro groups is 1. The smallest absolute Gasteiger partial charge is 0.243 e. The van der Waals surface area contributed by atoms with Crippen molar-refractivity contribution in [2.75, 3.05) is 38.2 Å². The molecular weight excluding hydrogens is 526 g/mol. The third kappa shape index (κ3) is 5.18. The van der Waals surface area contributed by atoms with E-state index in [9.17, 15) is 10.1 Å². The molecule has 1 aliphatic heterocycles. The normalized spacial score (nSPS) is 33.3. The predicted octanol–water partition coefficient (Wildman–Crippen LogP) is 6.73. The van der Waals surface area contributed by atoms with Gasteiger partial charge >= 0.3 is 0 Å². The number of likely N-dealkylation sites (tertiary alicyclic amines) is 1. The maximum Gasteiger partial charge on any atom is 0.243 e. The predicted molar refractivity (Wildman–Crippen MR) is 168 cm³/mol. The van der Waals surface area contributed by atoms with Crippen molar-refractivity contribution in [3.63, 3.8) is 0 Å². The minimum absolute atomic E-state index is 0.00167. The summed E-state index contributed by atoms with van der Waals surface area (Å²) in [6, 6.07) is 2.45. The first-order valence-electron chi connectivity index (χ1n) is 16.0. The average molecular weight is 578 g/mol. The highest BCUT2D eigenvalue weighted by Gasteiger charge is 2.70. The first kappa shape index (κ1) is 30.7. The molecule has 2 heterocycles. The quantitative estimate of drug-likeness (QED) is 0.164. The number of hydrogen-bond acceptors (Lipinski definition) is 7. The van der Waals surface area contributed by atoms with E-state index in [0.717, 1.165) is 67.7 Å². The van der Waals surface area contributed by atoms with Gasteiger partial charge in [0.15, 0.2) is 0 Å². The van der Waals surface area contributed by atoms with Crippen LogP contribution in [0.3, 0.4) is 0 Å². The second-order valence-corrected chi connectivity index (χ2v) is 13.9. The molecule has 1 aromatic rings. The van der Waals surface area contributed by atoms with E-state index in [4.69, 9.17) is 14.7 Å². The lowest BCUT2D eigenvalue weighted by atomic mass is 9.51. The standard InChI is InChI=1S/C34H51N5O3/c1-9-13-37(32-35-22(2)15-23(3)36-32)20-29-18-33(7)26(6)38(19-27-10-11-27)21-30-17-28(16-24(4)39(40)41)31(12-14-42-8)34(30,33)25(29)5/h12,14-16,25-27,29-30H,9-11,13,17-21H2,1-8H3/b14-12+,24-16+/t25?,26?,29-,30?,33?,34?/m1/s1. The molecule has 2 saturated carbocycles. The minimum atomic E-state index is -0.251. The third-order valence-corrected chi connectivity index (χ3v) is 11.3. The molecule has 0 bridgehead atoms. The van der Waals surface area contributed by atoms with Gasteiger partial charge in [0.25, 0.3) is 0 Å². The number of anilines is 1. The largest absolute Gasteiger partial charge is 0.504 e. The van der Waals surface area contributed by atoms with Crippen LogP contribution in [0.25, 0.3) is 0 Å². The molecule has 3 aliphatic carbocycles. The molecule has 230 valence electrons. The molecule has 1 spiro atoms.